The van der Waals surface area contributed by atoms with Crippen molar-refractivity contribution in [2.24, 2.45) is 0 Å². The van der Waals surface area contributed by atoms with Gasteiger partial charge in [-0.15, -0.1) is 11.3 Å². The van der Waals surface area contributed by atoms with Gasteiger partial charge in [0.1, 0.15) is 27.4 Å². The molecule has 0 radical (unpaired) electrons. The average molecular weight is 403 g/mol. The number of ether oxygens (including phenoxy) is 1. The average Bonchev–Trinajstić information content (AvgIpc) is 3.02. The fourth-order valence-corrected chi connectivity index (χ4v) is 4.25. The molecular formula is C18H15ClN4O3S. The van der Waals surface area contributed by atoms with Crippen LogP contribution in [-0.4, -0.2) is 40.8 Å². The van der Waals surface area contributed by atoms with Gasteiger partial charge in [-0.2, -0.15) is 0 Å². The van der Waals surface area contributed by atoms with E-state index in [0.29, 0.717) is 16.0 Å². The molecule has 138 valence electrons. The lowest BCUT2D eigenvalue weighted by Gasteiger charge is -2.13. The molecule has 0 saturated heterocycles. The fraction of sp³-hybridized carbons (Fsp3) is 0.167. The number of halogens is 1. The van der Waals surface area contributed by atoms with Gasteiger partial charge in [-0.3, -0.25) is 9.36 Å². The maximum Gasteiger partial charge on any atom is 0.276 e. The van der Waals surface area contributed by atoms with Gasteiger partial charge < -0.3 is 14.7 Å². The smallest absolute Gasteiger partial charge is 0.276 e. The summed E-state index contributed by atoms with van der Waals surface area (Å²) in [6.45, 7) is 0. The normalized spacial score (nSPS) is 11.3. The second-order valence-corrected chi connectivity index (χ2v) is 7.49. The molecule has 1 aromatic carbocycles. The van der Waals surface area contributed by atoms with E-state index in [1.54, 1.807) is 6.20 Å². The Kier molecular flexibility index (Phi) is 4.16. The highest BCUT2D eigenvalue weighted by atomic mass is 35.5. The molecule has 0 fully saturated rings. The number of anilines is 1. The topological polar surface area (TPSA) is 80.5 Å². The van der Waals surface area contributed by atoms with Crippen LogP contribution in [0.4, 0.5) is 5.69 Å². The number of methoxy groups -OCH3 is 1. The van der Waals surface area contributed by atoms with Gasteiger partial charge in [-0.25, -0.2) is 9.97 Å². The van der Waals surface area contributed by atoms with Crippen LogP contribution in [0.25, 0.3) is 26.1 Å². The zero-order valence-corrected chi connectivity index (χ0v) is 16.3. The summed E-state index contributed by atoms with van der Waals surface area (Å²) in [4.78, 5) is 24.7. The van der Waals surface area contributed by atoms with Crippen LogP contribution in [0.2, 0.25) is 5.02 Å². The molecule has 3 heterocycles. The molecule has 4 rings (SSSR count). The summed E-state index contributed by atoms with van der Waals surface area (Å²) in [6, 6.07) is 4.73. The molecule has 9 heteroatoms. The van der Waals surface area contributed by atoms with Crippen LogP contribution in [0.1, 0.15) is 0 Å². The van der Waals surface area contributed by atoms with Crippen molar-refractivity contribution in [2.75, 3.05) is 26.1 Å². The van der Waals surface area contributed by atoms with Crippen LogP contribution < -0.4 is 15.2 Å². The lowest BCUT2D eigenvalue weighted by Crippen LogP contribution is -2.18. The third-order valence-corrected chi connectivity index (χ3v) is 5.62. The summed E-state index contributed by atoms with van der Waals surface area (Å²) in [5, 5.41) is 11.4. The molecule has 0 atom stereocenters. The first kappa shape index (κ1) is 17.6. The van der Waals surface area contributed by atoms with Crippen molar-refractivity contribution in [1.29, 1.82) is 0 Å². The Balaban J connectivity index is 2.04. The number of phenolic OH excluding ortho intramolecular Hbond substituents is 1. The van der Waals surface area contributed by atoms with E-state index in [1.165, 1.54) is 41.5 Å². The van der Waals surface area contributed by atoms with Crippen molar-refractivity contribution in [2.45, 2.75) is 0 Å². The number of rotatable bonds is 3. The molecule has 3 aromatic heterocycles. The summed E-state index contributed by atoms with van der Waals surface area (Å²) in [5.41, 5.74) is 1.47. The van der Waals surface area contributed by atoms with Crippen molar-refractivity contribution in [3.63, 3.8) is 0 Å². The van der Waals surface area contributed by atoms with Crippen molar-refractivity contribution in [3.05, 3.63) is 46.1 Å². The lowest BCUT2D eigenvalue weighted by atomic mass is 10.2. The van der Waals surface area contributed by atoms with Gasteiger partial charge in [0, 0.05) is 32.4 Å². The van der Waals surface area contributed by atoms with E-state index < -0.39 is 0 Å². The third kappa shape index (κ3) is 2.68. The molecule has 0 aliphatic carbocycles. The Bertz CT molecular complexity index is 1250. The number of aromatic hydroxyl groups is 1. The molecule has 4 aromatic rings. The van der Waals surface area contributed by atoms with Gasteiger partial charge in [0.25, 0.3) is 5.56 Å². The van der Waals surface area contributed by atoms with E-state index in [1.807, 2.05) is 25.1 Å². The highest BCUT2D eigenvalue weighted by Crippen LogP contribution is 2.37. The van der Waals surface area contributed by atoms with Gasteiger partial charge in [0.05, 0.1) is 34.4 Å². The van der Waals surface area contributed by atoms with Gasteiger partial charge in [-0.05, 0) is 6.07 Å². The molecule has 0 aliphatic rings. The van der Waals surface area contributed by atoms with Crippen LogP contribution in [0.3, 0.4) is 0 Å². The molecule has 0 unspecified atom stereocenters. The Morgan fingerprint density at radius 1 is 1.30 bits per heavy atom. The highest BCUT2D eigenvalue weighted by molar-refractivity contribution is 7.25. The van der Waals surface area contributed by atoms with Crippen LogP contribution in [0, 0.1) is 0 Å². The zero-order chi connectivity index (χ0) is 19.3. The highest BCUT2D eigenvalue weighted by Gasteiger charge is 2.18. The molecular weight excluding hydrogens is 388 g/mol. The molecule has 0 saturated carbocycles. The summed E-state index contributed by atoms with van der Waals surface area (Å²) < 4.78 is 6.93. The maximum atomic E-state index is 13.1. The predicted octanol–water partition coefficient (Wildman–Crippen LogP) is 3.43. The molecule has 1 N–H and O–H groups in total. The van der Waals surface area contributed by atoms with Crippen LogP contribution >= 0.6 is 22.9 Å². The molecule has 7 nitrogen and oxygen atoms in total. The number of hydrogen-bond acceptors (Lipinski definition) is 7. The van der Waals surface area contributed by atoms with Crippen LogP contribution in [-0.2, 0) is 0 Å². The third-order valence-electron chi connectivity index (χ3n) is 4.25. The standard InChI is InChI=1S/C18H15ClN4O3S/c1-22(2)10-4-5-20-17-14(10)15-16(27-17)18(25)23(8-21-15)11-7-13(26-3)9(19)6-12(11)24/h4-8,24H,1-3H3. The monoisotopic (exact) mass is 402 g/mol. The SMILES string of the molecule is COc1cc(-n2cnc3c(sc4nccc(N(C)C)c43)c2=O)c(O)cc1Cl. The quantitative estimate of drug-likeness (QED) is 0.565. The Morgan fingerprint density at radius 3 is 2.78 bits per heavy atom. The van der Waals surface area contributed by atoms with Gasteiger partial charge in [-0.1, -0.05) is 11.6 Å². The first-order valence-corrected chi connectivity index (χ1v) is 9.15. The van der Waals surface area contributed by atoms with Crippen molar-refractivity contribution in [3.8, 4) is 17.2 Å². The van der Waals surface area contributed by atoms with E-state index in [0.717, 1.165) is 15.9 Å². The van der Waals surface area contributed by atoms with Gasteiger partial charge in [0.15, 0.2) is 0 Å². The number of benzene rings is 1. The van der Waals surface area contributed by atoms with E-state index in [4.69, 9.17) is 16.3 Å². The summed E-state index contributed by atoms with van der Waals surface area (Å²) in [6.07, 6.45) is 3.10. The molecule has 0 amide bonds. The second kappa shape index (κ2) is 6.40. The molecule has 0 bridgehead atoms. The van der Waals surface area contributed by atoms with Crippen LogP contribution in [0.15, 0.2) is 35.5 Å². The fourth-order valence-electron chi connectivity index (χ4n) is 2.96. The molecule has 0 spiro atoms. The van der Waals surface area contributed by atoms with E-state index in [2.05, 4.69) is 9.97 Å². The Labute approximate surface area is 163 Å². The largest absolute Gasteiger partial charge is 0.506 e. The minimum absolute atomic E-state index is 0.141. The lowest BCUT2D eigenvalue weighted by molar-refractivity contribution is 0.412. The number of pyridine rings is 1. The number of aromatic nitrogens is 3. The molecule has 27 heavy (non-hydrogen) atoms. The maximum absolute atomic E-state index is 13.1. The Hall–Kier alpha value is -2.84. The van der Waals surface area contributed by atoms with Gasteiger partial charge >= 0.3 is 0 Å². The minimum Gasteiger partial charge on any atom is -0.506 e. The zero-order valence-electron chi connectivity index (χ0n) is 14.7. The summed E-state index contributed by atoms with van der Waals surface area (Å²) in [7, 11) is 5.32. The summed E-state index contributed by atoms with van der Waals surface area (Å²) in [5.74, 6) is 0.210. The first-order chi connectivity index (χ1) is 12.9. The number of hydrogen-bond donors (Lipinski definition) is 1. The van der Waals surface area contributed by atoms with Crippen LogP contribution in [0.5, 0.6) is 11.5 Å². The number of nitrogens with zero attached hydrogens (tertiary/aromatic N) is 4. The number of phenols is 1. The van der Waals surface area contributed by atoms with Crippen molar-refractivity contribution in [1.82, 2.24) is 14.5 Å². The Morgan fingerprint density at radius 2 is 2.07 bits per heavy atom. The van der Waals surface area contributed by atoms with E-state index >= 15 is 0 Å². The molecule has 0 aliphatic heterocycles. The summed E-state index contributed by atoms with van der Waals surface area (Å²) >= 11 is 7.30. The van der Waals surface area contributed by atoms with E-state index in [-0.39, 0.29) is 22.0 Å². The van der Waals surface area contributed by atoms with Crippen molar-refractivity contribution >= 4 is 49.1 Å². The van der Waals surface area contributed by atoms with E-state index in [9.17, 15) is 9.90 Å². The predicted molar refractivity (Wildman–Crippen MR) is 108 cm³/mol. The number of fused-ring (bicyclic) bond motifs is 3. The first-order valence-electron chi connectivity index (χ1n) is 7.95. The van der Waals surface area contributed by atoms with Gasteiger partial charge in [0.2, 0.25) is 0 Å². The second-order valence-electron chi connectivity index (χ2n) is 6.08. The minimum atomic E-state index is -0.299. The number of thiophene rings is 1. The van der Waals surface area contributed by atoms with Crippen molar-refractivity contribution < 1.29 is 9.84 Å².